The van der Waals surface area contributed by atoms with Crippen molar-refractivity contribution in [3.63, 3.8) is 0 Å². The average Bonchev–Trinajstić information content (AvgIpc) is 2.11. The van der Waals surface area contributed by atoms with Crippen LogP contribution >= 0.6 is 0 Å². The highest BCUT2D eigenvalue weighted by molar-refractivity contribution is 4.63. The second-order valence-electron chi connectivity index (χ2n) is 3.59. The van der Waals surface area contributed by atoms with E-state index >= 15 is 0 Å². The lowest BCUT2D eigenvalue weighted by Gasteiger charge is -2.13. The molecule has 2 atom stereocenters. The second kappa shape index (κ2) is 7.26. The molecule has 0 saturated carbocycles. The molecule has 0 rings (SSSR count). The molecule has 0 saturated heterocycles. The maximum Gasteiger partial charge on any atom is 0.0891 e. The van der Waals surface area contributed by atoms with Crippen molar-refractivity contribution in [1.82, 2.24) is 0 Å². The standard InChI is InChI=1S/C10H21NO/c1-4-6-10(5-2)8-7-9(3)11-12/h9-10H,4-8H2,1-3H3. The Balaban J connectivity index is 3.49. The first-order chi connectivity index (χ1) is 5.74. The van der Waals surface area contributed by atoms with E-state index in [1.54, 1.807) is 0 Å². The molecule has 72 valence electrons. The van der Waals surface area contributed by atoms with Crippen molar-refractivity contribution >= 4 is 0 Å². The van der Waals surface area contributed by atoms with Gasteiger partial charge in [0, 0.05) is 0 Å². The average molecular weight is 171 g/mol. The van der Waals surface area contributed by atoms with Crippen LogP contribution in [-0.2, 0) is 0 Å². The summed E-state index contributed by atoms with van der Waals surface area (Å²) in [4.78, 5) is 10.1. The largest absolute Gasteiger partial charge is 0.151 e. The summed E-state index contributed by atoms with van der Waals surface area (Å²) in [5.41, 5.74) is 0. The molecule has 0 aliphatic carbocycles. The fraction of sp³-hybridized carbons (Fsp3) is 1.00. The maximum atomic E-state index is 10.1. The van der Waals surface area contributed by atoms with E-state index in [1.807, 2.05) is 6.92 Å². The summed E-state index contributed by atoms with van der Waals surface area (Å²) in [6.45, 7) is 6.33. The van der Waals surface area contributed by atoms with Gasteiger partial charge in [0.05, 0.1) is 6.04 Å². The van der Waals surface area contributed by atoms with Gasteiger partial charge in [-0.15, -0.1) is 0 Å². The number of nitroso groups, excluding NO2 is 1. The summed E-state index contributed by atoms with van der Waals surface area (Å²) >= 11 is 0. The van der Waals surface area contributed by atoms with E-state index in [2.05, 4.69) is 19.0 Å². The summed E-state index contributed by atoms with van der Waals surface area (Å²) < 4.78 is 0. The van der Waals surface area contributed by atoms with Gasteiger partial charge in [0.25, 0.3) is 0 Å². The topological polar surface area (TPSA) is 29.4 Å². The monoisotopic (exact) mass is 171 g/mol. The third kappa shape index (κ3) is 5.28. The molecule has 12 heavy (non-hydrogen) atoms. The third-order valence-corrected chi connectivity index (χ3v) is 2.45. The van der Waals surface area contributed by atoms with Gasteiger partial charge in [-0.2, -0.15) is 4.91 Å². The van der Waals surface area contributed by atoms with Gasteiger partial charge in [-0.1, -0.05) is 38.3 Å². The minimum Gasteiger partial charge on any atom is -0.151 e. The van der Waals surface area contributed by atoms with E-state index in [9.17, 15) is 4.91 Å². The Morgan fingerprint density at radius 1 is 1.17 bits per heavy atom. The van der Waals surface area contributed by atoms with Crippen molar-refractivity contribution in [2.45, 2.75) is 58.9 Å². The van der Waals surface area contributed by atoms with Crippen LogP contribution < -0.4 is 0 Å². The maximum absolute atomic E-state index is 10.1. The molecule has 0 aromatic heterocycles. The van der Waals surface area contributed by atoms with Gasteiger partial charge in [-0.05, 0) is 25.7 Å². The highest BCUT2D eigenvalue weighted by atomic mass is 16.3. The van der Waals surface area contributed by atoms with Crippen LogP contribution in [0.2, 0.25) is 0 Å². The van der Waals surface area contributed by atoms with Crippen molar-refractivity contribution in [1.29, 1.82) is 0 Å². The summed E-state index contributed by atoms with van der Waals surface area (Å²) in [6, 6.07) is 0.0101. The van der Waals surface area contributed by atoms with Gasteiger partial charge in [-0.3, -0.25) is 0 Å². The van der Waals surface area contributed by atoms with Crippen LogP contribution in [0.4, 0.5) is 0 Å². The normalized spacial score (nSPS) is 15.6. The van der Waals surface area contributed by atoms with E-state index in [1.165, 1.54) is 19.3 Å². The predicted molar refractivity (Wildman–Crippen MR) is 53.2 cm³/mol. The SMILES string of the molecule is CCCC(CC)CCC(C)N=O. The molecular weight excluding hydrogens is 150 g/mol. The zero-order chi connectivity index (χ0) is 9.40. The molecule has 0 radical (unpaired) electrons. The molecule has 0 N–H and O–H groups in total. The smallest absolute Gasteiger partial charge is 0.0891 e. The first-order valence-electron chi connectivity index (χ1n) is 5.07. The molecule has 0 amide bonds. The van der Waals surface area contributed by atoms with Gasteiger partial charge < -0.3 is 0 Å². The molecule has 0 aromatic carbocycles. The van der Waals surface area contributed by atoms with Crippen LogP contribution in [-0.4, -0.2) is 6.04 Å². The van der Waals surface area contributed by atoms with Gasteiger partial charge in [0.1, 0.15) is 0 Å². The van der Waals surface area contributed by atoms with E-state index in [4.69, 9.17) is 0 Å². The Hall–Kier alpha value is -0.400. The Morgan fingerprint density at radius 3 is 2.25 bits per heavy atom. The number of hydrogen-bond acceptors (Lipinski definition) is 2. The van der Waals surface area contributed by atoms with E-state index in [0.717, 1.165) is 18.8 Å². The Bertz CT molecular complexity index is 114. The molecule has 0 heterocycles. The van der Waals surface area contributed by atoms with Gasteiger partial charge >= 0.3 is 0 Å². The summed E-state index contributed by atoms with van der Waals surface area (Å²) in [7, 11) is 0. The highest BCUT2D eigenvalue weighted by Crippen LogP contribution is 2.18. The minimum absolute atomic E-state index is 0.0101. The van der Waals surface area contributed by atoms with Crippen molar-refractivity contribution in [3.8, 4) is 0 Å². The van der Waals surface area contributed by atoms with Crippen LogP contribution in [0, 0.1) is 10.8 Å². The molecule has 2 heteroatoms. The zero-order valence-corrected chi connectivity index (χ0v) is 8.55. The fourth-order valence-corrected chi connectivity index (χ4v) is 1.49. The van der Waals surface area contributed by atoms with Crippen molar-refractivity contribution < 1.29 is 0 Å². The minimum atomic E-state index is 0.0101. The van der Waals surface area contributed by atoms with Crippen molar-refractivity contribution in [3.05, 3.63) is 4.91 Å². The van der Waals surface area contributed by atoms with Crippen molar-refractivity contribution in [2.75, 3.05) is 0 Å². The summed E-state index contributed by atoms with van der Waals surface area (Å²) in [5.74, 6) is 0.805. The molecule has 0 aliphatic rings. The second-order valence-corrected chi connectivity index (χ2v) is 3.59. The lowest BCUT2D eigenvalue weighted by molar-refractivity contribution is 0.404. The number of nitrogens with zero attached hydrogens (tertiary/aromatic N) is 1. The Kier molecular flexibility index (Phi) is 7.02. The van der Waals surface area contributed by atoms with Crippen LogP contribution in [0.15, 0.2) is 5.18 Å². The zero-order valence-electron chi connectivity index (χ0n) is 8.55. The van der Waals surface area contributed by atoms with Gasteiger partial charge in [0.15, 0.2) is 0 Å². The molecule has 0 aromatic rings. The molecule has 0 fully saturated rings. The van der Waals surface area contributed by atoms with Crippen LogP contribution in [0.5, 0.6) is 0 Å². The lowest BCUT2D eigenvalue weighted by Crippen LogP contribution is -2.03. The molecule has 0 spiro atoms. The summed E-state index contributed by atoms with van der Waals surface area (Å²) in [5, 5.41) is 3.00. The number of hydrogen-bond donors (Lipinski definition) is 0. The molecule has 2 nitrogen and oxygen atoms in total. The first kappa shape index (κ1) is 11.6. The molecular formula is C10H21NO. The van der Waals surface area contributed by atoms with E-state index < -0.39 is 0 Å². The third-order valence-electron chi connectivity index (χ3n) is 2.45. The first-order valence-corrected chi connectivity index (χ1v) is 5.07. The number of rotatable bonds is 7. The predicted octanol–water partition coefficient (Wildman–Crippen LogP) is 3.75. The molecule has 0 bridgehead atoms. The van der Waals surface area contributed by atoms with Crippen LogP contribution in [0.1, 0.15) is 52.9 Å². The van der Waals surface area contributed by atoms with Crippen LogP contribution in [0.25, 0.3) is 0 Å². The Morgan fingerprint density at radius 2 is 1.83 bits per heavy atom. The molecule has 0 aliphatic heterocycles. The van der Waals surface area contributed by atoms with Gasteiger partial charge in [0.2, 0.25) is 0 Å². The summed E-state index contributed by atoms with van der Waals surface area (Å²) in [6.07, 6.45) is 5.90. The van der Waals surface area contributed by atoms with Crippen LogP contribution in [0.3, 0.4) is 0 Å². The quantitative estimate of drug-likeness (QED) is 0.536. The molecule has 2 unspecified atom stereocenters. The Labute approximate surface area is 75.7 Å². The van der Waals surface area contributed by atoms with E-state index in [-0.39, 0.29) is 6.04 Å². The highest BCUT2D eigenvalue weighted by Gasteiger charge is 2.07. The van der Waals surface area contributed by atoms with Crippen molar-refractivity contribution in [2.24, 2.45) is 11.1 Å². The van der Waals surface area contributed by atoms with Gasteiger partial charge in [-0.25, -0.2) is 0 Å². The fourth-order valence-electron chi connectivity index (χ4n) is 1.49. The van der Waals surface area contributed by atoms with E-state index in [0.29, 0.717) is 0 Å². The lowest BCUT2D eigenvalue weighted by atomic mass is 9.94.